The molecule has 1 rings (SSSR count). The summed E-state index contributed by atoms with van der Waals surface area (Å²) in [5.74, 6) is -19.6. The zero-order chi connectivity index (χ0) is 72.6. The third-order valence-corrected chi connectivity index (χ3v) is 16.0. The summed E-state index contributed by atoms with van der Waals surface area (Å²) in [4.78, 5) is 196. The first-order valence-electron chi connectivity index (χ1n) is 33.3. The number of carbonyl (C=O) groups excluding carboxylic acids is 12. The lowest BCUT2D eigenvalue weighted by atomic mass is 9.94. The van der Waals surface area contributed by atoms with E-state index in [9.17, 15) is 92.7 Å². The quantitative estimate of drug-likeness (QED) is 0.0310. The molecule has 1 fully saturated rings. The third-order valence-electron chi connectivity index (χ3n) is 16.0. The molecule has 16 N–H and O–H groups in total. The molecule has 0 aromatic heterocycles. The van der Waals surface area contributed by atoms with Crippen molar-refractivity contribution < 1.29 is 97.4 Å². The standard InChI is InChI=1S/C64H111N11O20/c1-15-18-19-20-21-22-39(78)27-48(79)65-40(23-32(4)5)54(84)68-44(28-49(80)81)58(88)75-53-38(14)95-64(94)45(29-50(82)83)70-61(91)51(36(12)16-2)74-62(92)52(37(13)17-3)73-60(90)47(31-77)72-57(87)42(25-34(8)9)67-59(89)46(30-76)71-56(86)41(24-33(6)7)66-55(85)43(26-35(10)11)69-63(53)93/h32-47,51-53,76-78H,15-31H2,1-14H3,(H,65,79)(H,66,85)(H,67,89)(H,68,84)(H,69,93)(H,70,91)(H,71,86)(H,72,87)(H,73,90)(H,74,92)(H,75,88)(H,80,81)(H,82,83)/t36-,37-,38+,39?,40+,41+,42-,43+,44+,45-,46+,47+,51-,52-,53+/m0/s1. The third kappa shape index (κ3) is 31.7. The van der Waals surface area contributed by atoms with Gasteiger partial charge < -0.3 is 88.8 Å². The fourth-order valence-electron chi connectivity index (χ4n) is 10.3. The molecule has 542 valence electrons. The predicted molar refractivity (Wildman–Crippen MR) is 346 cm³/mol. The van der Waals surface area contributed by atoms with Crippen LogP contribution >= 0.6 is 0 Å². The number of aliphatic hydroxyl groups excluding tert-OH is 3. The van der Waals surface area contributed by atoms with Crippen LogP contribution in [-0.4, -0.2) is 200 Å². The number of amides is 11. The molecule has 0 spiro atoms. The van der Waals surface area contributed by atoms with E-state index < -0.39 is 205 Å². The number of esters is 1. The molecule has 95 heavy (non-hydrogen) atoms. The van der Waals surface area contributed by atoms with Crippen LogP contribution in [-0.2, 0) is 71.9 Å². The summed E-state index contributed by atoms with van der Waals surface area (Å²) < 4.78 is 5.68. The van der Waals surface area contributed by atoms with Crippen molar-refractivity contribution >= 4 is 82.9 Å². The highest BCUT2D eigenvalue weighted by molar-refractivity contribution is 6.00. The Morgan fingerprint density at radius 1 is 0.474 bits per heavy atom. The summed E-state index contributed by atoms with van der Waals surface area (Å²) in [6.45, 7) is 20.9. The number of aliphatic carboxylic acids is 2. The summed E-state index contributed by atoms with van der Waals surface area (Å²) >= 11 is 0. The molecule has 1 heterocycles. The van der Waals surface area contributed by atoms with Gasteiger partial charge in [-0.3, -0.25) is 62.3 Å². The van der Waals surface area contributed by atoms with Crippen LogP contribution in [0.2, 0.25) is 0 Å². The topological polar surface area (TPSA) is 482 Å². The van der Waals surface area contributed by atoms with Gasteiger partial charge in [-0.25, -0.2) is 4.79 Å². The lowest BCUT2D eigenvalue weighted by molar-refractivity contribution is -0.158. The Labute approximate surface area is 557 Å². The van der Waals surface area contributed by atoms with Crippen molar-refractivity contribution in [2.75, 3.05) is 13.2 Å². The number of carbonyl (C=O) groups is 14. The summed E-state index contributed by atoms with van der Waals surface area (Å²) in [6, 6.07) is -19.0. The highest BCUT2D eigenvalue weighted by atomic mass is 16.5. The Morgan fingerprint density at radius 2 is 0.884 bits per heavy atom. The van der Waals surface area contributed by atoms with Gasteiger partial charge in [-0.2, -0.15) is 0 Å². The van der Waals surface area contributed by atoms with E-state index in [-0.39, 0.29) is 62.7 Å². The Morgan fingerprint density at radius 3 is 1.31 bits per heavy atom. The van der Waals surface area contributed by atoms with Crippen molar-refractivity contribution in [3.05, 3.63) is 0 Å². The van der Waals surface area contributed by atoms with Gasteiger partial charge in [-0.1, -0.05) is 135 Å². The normalized spacial score (nSPS) is 24.5. The van der Waals surface area contributed by atoms with Gasteiger partial charge in [-0.15, -0.1) is 0 Å². The van der Waals surface area contributed by atoms with Crippen molar-refractivity contribution in [3.8, 4) is 0 Å². The molecule has 1 unspecified atom stereocenters. The van der Waals surface area contributed by atoms with Crippen LogP contribution in [0.3, 0.4) is 0 Å². The van der Waals surface area contributed by atoms with E-state index in [1.54, 1.807) is 76.2 Å². The number of nitrogens with one attached hydrogen (secondary N) is 11. The molecule has 1 aliphatic rings. The molecule has 0 radical (unpaired) electrons. The number of hydrogen-bond donors (Lipinski definition) is 16. The van der Waals surface area contributed by atoms with Gasteiger partial charge in [0.2, 0.25) is 65.0 Å². The molecular formula is C64H111N11O20. The monoisotopic (exact) mass is 1350 g/mol. The van der Waals surface area contributed by atoms with Crippen molar-refractivity contribution in [1.82, 2.24) is 58.5 Å². The number of carboxylic acids is 2. The second-order valence-corrected chi connectivity index (χ2v) is 26.6. The fourth-order valence-corrected chi connectivity index (χ4v) is 10.3. The largest absolute Gasteiger partial charge is 0.481 e. The number of cyclic esters (lactones) is 1. The van der Waals surface area contributed by atoms with Crippen molar-refractivity contribution in [1.29, 1.82) is 0 Å². The average Bonchev–Trinajstić information content (AvgIpc) is 0.890. The first-order chi connectivity index (χ1) is 44.4. The lowest BCUT2D eigenvalue weighted by Gasteiger charge is -2.32. The molecule has 1 aliphatic heterocycles. The van der Waals surface area contributed by atoms with Gasteiger partial charge in [-0.05, 0) is 74.5 Å². The zero-order valence-corrected chi connectivity index (χ0v) is 57.9. The van der Waals surface area contributed by atoms with E-state index in [1.807, 2.05) is 0 Å². The maximum atomic E-state index is 14.9. The summed E-state index contributed by atoms with van der Waals surface area (Å²) in [7, 11) is 0. The van der Waals surface area contributed by atoms with Gasteiger partial charge in [0, 0.05) is 0 Å². The number of unbranched alkanes of at least 4 members (excludes halogenated alkanes) is 4. The van der Waals surface area contributed by atoms with Gasteiger partial charge >= 0.3 is 17.9 Å². The molecule has 0 saturated carbocycles. The van der Waals surface area contributed by atoms with Crippen LogP contribution < -0.4 is 58.5 Å². The maximum absolute atomic E-state index is 14.9. The van der Waals surface area contributed by atoms with E-state index in [0.717, 1.165) is 32.6 Å². The van der Waals surface area contributed by atoms with Crippen molar-refractivity contribution in [2.24, 2.45) is 35.5 Å². The fraction of sp³-hybridized carbons (Fsp3) is 0.781. The van der Waals surface area contributed by atoms with Crippen LogP contribution in [0.25, 0.3) is 0 Å². The van der Waals surface area contributed by atoms with Crippen molar-refractivity contribution in [3.63, 3.8) is 0 Å². The summed E-state index contributed by atoms with van der Waals surface area (Å²) in [6.07, 6.45) is -1.07. The molecule has 0 aliphatic carbocycles. The second kappa shape index (κ2) is 43.5. The molecule has 15 atom stereocenters. The molecule has 1 saturated heterocycles. The Kier molecular flexibility index (Phi) is 39.2. The van der Waals surface area contributed by atoms with Crippen LogP contribution in [0.4, 0.5) is 0 Å². The van der Waals surface area contributed by atoms with Crippen LogP contribution in [0, 0.1) is 35.5 Å². The summed E-state index contributed by atoms with van der Waals surface area (Å²) in [5.41, 5.74) is 0. The highest BCUT2D eigenvalue weighted by Gasteiger charge is 2.41. The van der Waals surface area contributed by atoms with E-state index in [4.69, 9.17) is 4.74 Å². The van der Waals surface area contributed by atoms with E-state index in [2.05, 4.69) is 65.4 Å². The van der Waals surface area contributed by atoms with E-state index in [1.165, 1.54) is 6.92 Å². The Hall–Kier alpha value is -7.54. The first-order valence-corrected chi connectivity index (χ1v) is 33.3. The van der Waals surface area contributed by atoms with Gasteiger partial charge in [0.1, 0.15) is 72.6 Å². The molecular weight excluding hydrogens is 1240 g/mol. The highest BCUT2D eigenvalue weighted by Crippen LogP contribution is 2.18. The Bertz CT molecular complexity index is 2570. The van der Waals surface area contributed by atoms with E-state index >= 15 is 0 Å². The number of hydrogen-bond acceptors (Lipinski definition) is 18. The van der Waals surface area contributed by atoms with E-state index in [0.29, 0.717) is 12.8 Å². The number of ether oxygens (including phenoxy) is 1. The van der Waals surface area contributed by atoms with Crippen LogP contribution in [0.15, 0.2) is 0 Å². The minimum atomic E-state index is -2.20. The second-order valence-electron chi connectivity index (χ2n) is 26.6. The lowest BCUT2D eigenvalue weighted by Crippen LogP contribution is -2.63. The SMILES string of the molecule is CCCCCCCC(O)CC(=O)N[C@H](CC(C)C)C(=O)N[C@H](CC(=O)O)C(=O)N[C@H]1C(=O)N[C@H](CC(C)C)C(=O)N[C@H](CC(C)C)C(=O)N[C@H](CO)C(=O)N[C@@H](CC(C)C)C(=O)N[C@H](CO)C(=O)N[C@@H]([C@@H](C)CC)C(=O)N[C@@H]([C@@H](C)CC)C(=O)N[C@@H](CC(=O)O)C(=O)O[C@@H]1C. The predicted octanol–water partition coefficient (Wildman–Crippen LogP) is -0.413. The first kappa shape index (κ1) is 85.5. The van der Waals surface area contributed by atoms with Gasteiger partial charge in [0.15, 0.2) is 0 Å². The van der Waals surface area contributed by atoms with Gasteiger partial charge in [0.05, 0.1) is 38.6 Å². The molecule has 31 nitrogen and oxygen atoms in total. The summed E-state index contributed by atoms with van der Waals surface area (Å²) in [5, 5.41) is 78.6. The number of rotatable bonds is 31. The number of carboxylic acid groups (broad SMARTS) is 2. The minimum absolute atomic E-state index is 0.0412. The maximum Gasteiger partial charge on any atom is 0.329 e. The smallest absolute Gasteiger partial charge is 0.329 e. The molecule has 0 bridgehead atoms. The molecule has 0 aromatic rings. The molecule has 0 aromatic carbocycles. The molecule has 31 heteroatoms. The minimum Gasteiger partial charge on any atom is -0.481 e. The molecule has 11 amide bonds. The average molecular weight is 1350 g/mol. The van der Waals surface area contributed by atoms with Crippen LogP contribution in [0.5, 0.6) is 0 Å². The number of aliphatic hydroxyl groups is 3. The van der Waals surface area contributed by atoms with Crippen molar-refractivity contribution in [2.45, 2.75) is 272 Å². The van der Waals surface area contributed by atoms with Gasteiger partial charge in [0.25, 0.3) is 0 Å². The Balaban J connectivity index is 4.30. The van der Waals surface area contributed by atoms with Crippen LogP contribution in [0.1, 0.15) is 193 Å². The zero-order valence-electron chi connectivity index (χ0n) is 57.9.